The highest BCUT2D eigenvalue weighted by molar-refractivity contribution is 4.67. The lowest BCUT2D eigenvalue weighted by molar-refractivity contribution is 0.225. The normalized spacial score (nSPS) is 20.6. The minimum absolute atomic E-state index is 0.221. The van der Waals surface area contributed by atoms with Gasteiger partial charge in [-0.1, -0.05) is 60.3 Å². The van der Waals surface area contributed by atoms with Crippen molar-refractivity contribution in [2.45, 2.75) is 79.8 Å². The molecule has 0 aromatic carbocycles. The maximum absolute atomic E-state index is 13.0. The predicted octanol–water partition coefficient (Wildman–Crippen LogP) is 5.86. The van der Waals surface area contributed by atoms with E-state index >= 15 is 0 Å². The third-order valence-corrected chi connectivity index (χ3v) is 4.64. The molecule has 0 bridgehead atoms. The first-order chi connectivity index (χ1) is 7.88. The van der Waals surface area contributed by atoms with Gasteiger partial charge in [0.05, 0.1) is 6.17 Å². The third kappa shape index (κ3) is 7.78. The molecule has 0 radical (unpaired) electrons. The second-order valence-electron chi connectivity index (χ2n) is 6.28. The highest BCUT2D eigenvalue weighted by Gasteiger charge is 2.16. The van der Waals surface area contributed by atoms with Gasteiger partial charge in [-0.15, -0.1) is 0 Å². The summed E-state index contributed by atoms with van der Waals surface area (Å²) in [6, 6.07) is 0. The van der Waals surface area contributed by atoms with E-state index in [-0.39, 0.29) is 5.92 Å². The number of hydrogen-bond donors (Lipinski definition) is 0. The first-order valence-corrected chi connectivity index (χ1v) is 7.52. The van der Waals surface area contributed by atoms with Crippen molar-refractivity contribution < 1.29 is 4.39 Å². The van der Waals surface area contributed by atoms with Crippen LogP contribution in [0.3, 0.4) is 0 Å². The second-order valence-corrected chi connectivity index (χ2v) is 6.28. The van der Waals surface area contributed by atoms with E-state index in [9.17, 15) is 4.39 Å². The summed E-state index contributed by atoms with van der Waals surface area (Å²) in [5.74, 6) is 2.60. The number of alkyl halides is 1. The van der Waals surface area contributed by atoms with Crippen molar-refractivity contribution in [3.05, 3.63) is 0 Å². The van der Waals surface area contributed by atoms with Crippen LogP contribution < -0.4 is 0 Å². The highest BCUT2D eigenvalue weighted by Crippen LogP contribution is 2.26. The van der Waals surface area contributed by atoms with Crippen LogP contribution in [0.15, 0.2) is 0 Å². The molecule has 0 fully saturated rings. The van der Waals surface area contributed by atoms with Gasteiger partial charge in [-0.25, -0.2) is 4.39 Å². The number of hydrogen-bond acceptors (Lipinski definition) is 0. The molecule has 0 heterocycles. The average Bonchev–Trinajstić information content (AvgIpc) is 2.31. The second kappa shape index (κ2) is 8.94. The van der Waals surface area contributed by atoms with E-state index in [0.717, 1.165) is 24.2 Å². The van der Waals surface area contributed by atoms with Crippen molar-refractivity contribution in [2.24, 2.45) is 23.7 Å². The molecule has 0 spiro atoms. The van der Waals surface area contributed by atoms with E-state index < -0.39 is 6.17 Å². The molecular formula is C16H33F. The van der Waals surface area contributed by atoms with Crippen LogP contribution >= 0.6 is 0 Å². The van der Waals surface area contributed by atoms with Crippen molar-refractivity contribution in [2.75, 3.05) is 0 Å². The standard InChI is InChI=1S/C16H33F/c1-7-12(2)8-9-13(3)14(4)10-11-15(5)16(6)17/h12-16H,7-11H2,1-6H3. The van der Waals surface area contributed by atoms with E-state index in [2.05, 4.69) is 27.7 Å². The first kappa shape index (κ1) is 16.9. The van der Waals surface area contributed by atoms with Crippen LogP contribution in [0.2, 0.25) is 0 Å². The van der Waals surface area contributed by atoms with Gasteiger partial charge in [-0.2, -0.15) is 0 Å². The Balaban J connectivity index is 3.77. The van der Waals surface area contributed by atoms with Crippen LogP contribution in [0.1, 0.15) is 73.6 Å². The zero-order valence-electron chi connectivity index (χ0n) is 12.8. The molecule has 17 heavy (non-hydrogen) atoms. The van der Waals surface area contributed by atoms with E-state index in [1.807, 2.05) is 6.92 Å². The Hall–Kier alpha value is -0.0700. The molecule has 5 unspecified atom stereocenters. The Morgan fingerprint density at radius 1 is 0.706 bits per heavy atom. The van der Waals surface area contributed by atoms with E-state index in [1.54, 1.807) is 6.92 Å². The summed E-state index contributed by atoms with van der Waals surface area (Å²) >= 11 is 0. The summed E-state index contributed by atoms with van der Waals surface area (Å²) < 4.78 is 13.0. The molecule has 0 aromatic heterocycles. The highest BCUT2D eigenvalue weighted by atomic mass is 19.1. The third-order valence-electron chi connectivity index (χ3n) is 4.64. The van der Waals surface area contributed by atoms with Gasteiger partial charge in [0.1, 0.15) is 0 Å². The minimum Gasteiger partial charge on any atom is -0.248 e. The predicted molar refractivity (Wildman–Crippen MR) is 76.0 cm³/mol. The molecule has 0 nitrogen and oxygen atoms in total. The molecule has 0 aliphatic carbocycles. The molecule has 0 aromatic rings. The molecule has 0 rings (SSSR count). The Bertz CT molecular complexity index is 176. The van der Waals surface area contributed by atoms with E-state index in [1.165, 1.54) is 25.7 Å². The van der Waals surface area contributed by atoms with Gasteiger partial charge in [0.2, 0.25) is 0 Å². The van der Waals surface area contributed by atoms with Crippen molar-refractivity contribution >= 4 is 0 Å². The van der Waals surface area contributed by atoms with Gasteiger partial charge in [-0.3, -0.25) is 0 Å². The topological polar surface area (TPSA) is 0 Å². The molecule has 5 atom stereocenters. The lowest BCUT2D eigenvalue weighted by Crippen LogP contribution is -2.14. The summed E-state index contributed by atoms with van der Waals surface area (Å²) in [6.07, 6.45) is 5.52. The Labute approximate surface area is 108 Å². The maximum Gasteiger partial charge on any atom is 0.0998 e. The van der Waals surface area contributed by atoms with Gasteiger partial charge in [0.15, 0.2) is 0 Å². The summed E-state index contributed by atoms with van der Waals surface area (Å²) in [4.78, 5) is 0. The molecule has 0 saturated heterocycles. The molecular weight excluding hydrogens is 211 g/mol. The van der Waals surface area contributed by atoms with Gasteiger partial charge in [-0.05, 0) is 37.0 Å². The van der Waals surface area contributed by atoms with Crippen molar-refractivity contribution in [3.8, 4) is 0 Å². The van der Waals surface area contributed by atoms with Crippen molar-refractivity contribution in [1.82, 2.24) is 0 Å². The molecule has 0 amide bonds. The fraction of sp³-hybridized carbons (Fsp3) is 1.00. The van der Waals surface area contributed by atoms with Gasteiger partial charge < -0.3 is 0 Å². The molecule has 0 aliphatic rings. The fourth-order valence-corrected chi connectivity index (χ4v) is 2.08. The van der Waals surface area contributed by atoms with Crippen LogP contribution in [0.4, 0.5) is 4.39 Å². The van der Waals surface area contributed by atoms with Crippen LogP contribution in [-0.4, -0.2) is 6.17 Å². The SMILES string of the molecule is CCC(C)CCC(C)C(C)CCC(C)C(C)F. The molecule has 0 aliphatic heterocycles. The molecule has 0 N–H and O–H groups in total. The van der Waals surface area contributed by atoms with Gasteiger partial charge in [0, 0.05) is 0 Å². The quantitative estimate of drug-likeness (QED) is 0.476. The minimum atomic E-state index is -0.655. The average molecular weight is 244 g/mol. The Morgan fingerprint density at radius 2 is 1.12 bits per heavy atom. The zero-order chi connectivity index (χ0) is 13.4. The van der Waals surface area contributed by atoms with Crippen LogP contribution in [0, 0.1) is 23.7 Å². The first-order valence-electron chi connectivity index (χ1n) is 7.52. The monoisotopic (exact) mass is 244 g/mol. The maximum atomic E-state index is 13.0. The van der Waals surface area contributed by atoms with Crippen LogP contribution in [0.25, 0.3) is 0 Å². The largest absolute Gasteiger partial charge is 0.248 e. The molecule has 1 heteroatoms. The smallest absolute Gasteiger partial charge is 0.0998 e. The van der Waals surface area contributed by atoms with Gasteiger partial charge in [0.25, 0.3) is 0 Å². The summed E-state index contributed by atoms with van der Waals surface area (Å²) in [5, 5.41) is 0. The lowest BCUT2D eigenvalue weighted by Gasteiger charge is -2.23. The van der Waals surface area contributed by atoms with E-state index in [4.69, 9.17) is 0 Å². The summed E-state index contributed by atoms with van der Waals surface area (Å²) in [6.45, 7) is 13.0. The Kier molecular flexibility index (Phi) is 8.90. The van der Waals surface area contributed by atoms with E-state index in [0.29, 0.717) is 0 Å². The fourth-order valence-electron chi connectivity index (χ4n) is 2.08. The van der Waals surface area contributed by atoms with Crippen LogP contribution in [-0.2, 0) is 0 Å². The van der Waals surface area contributed by atoms with Crippen molar-refractivity contribution in [3.63, 3.8) is 0 Å². The zero-order valence-corrected chi connectivity index (χ0v) is 12.8. The Morgan fingerprint density at radius 3 is 1.53 bits per heavy atom. The summed E-state index contributed by atoms with van der Waals surface area (Å²) in [7, 11) is 0. The summed E-state index contributed by atoms with van der Waals surface area (Å²) in [5.41, 5.74) is 0. The lowest BCUT2D eigenvalue weighted by atomic mass is 9.84. The van der Waals surface area contributed by atoms with Gasteiger partial charge >= 0.3 is 0 Å². The van der Waals surface area contributed by atoms with Crippen LogP contribution in [0.5, 0.6) is 0 Å². The number of rotatable bonds is 9. The van der Waals surface area contributed by atoms with Crippen molar-refractivity contribution in [1.29, 1.82) is 0 Å². The molecule has 104 valence electrons. The molecule has 0 saturated carbocycles. The number of halogens is 1.